The number of hydrogen-bond acceptors (Lipinski definition) is 1. The van der Waals surface area contributed by atoms with Gasteiger partial charge < -0.3 is 0 Å². The van der Waals surface area contributed by atoms with Gasteiger partial charge in [0.1, 0.15) is 5.70 Å². The highest BCUT2D eigenvalue weighted by Crippen LogP contribution is 2.28. The molecule has 2 aromatic carbocycles. The van der Waals surface area contributed by atoms with Gasteiger partial charge in [-0.3, -0.25) is 4.58 Å². The Morgan fingerprint density at radius 2 is 1.70 bits per heavy atom. The molecule has 0 amide bonds. The fourth-order valence-corrected chi connectivity index (χ4v) is 2.30. The normalized spacial score (nSPS) is 14.3. The van der Waals surface area contributed by atoms with Crippen molar-refractivity contribution < 1.29 is 4.58 Å². The van der Waals surface area contributed by atoms with Gasteiger partial charge in [-0.1, -0.05) is 66.6 Å². The van der Waals surface area contributed by atoms with Crippen LogP contribution in [-0.2, 0) is 0 Å². The summed E-state index contributed by atoms with van der Waals surface area (Å²) in [6.07, 6.45) is 3.86. The minimum absolute atomic E-state index is 0.962. The van der Waals surface area contributed by atoms with Crippen molar-refractivity contribution in [1.29, 1.82) is 0 Å². The van der Waals surface area contributed by atoms with Crippen molar-refractivity contribution in [3.8, 4) is 0 Å². The van der Waals surface area contributed by atoms with E-state index in [9.17, 15) is 0 Å². The lowest BCUT2D eigenvalue weighted by molar-refractivity contribution is -0.356. The number of rotatable bonds is 2. The maximum absolute atomic E-state index is 4.46. The van der Waals surface area contributed by atoms with E-state index in [-0.39, 0.29) is 0 Å². The fraction of sp³-hybridized carbons (Fsp3) is 0.0556. The van der Waals surface area contributed by atoms with Gasteiger partial charge >= 0.3 is 0 Å². The van der Waals surface area contributed by atoms with Gasteiger partial charge in [0, 0.05) is 6.72 Å². The molecule has 2 heteroatoms. The van der Waals surface area contributed by atoms with Crippen LogP contribution in [0.2, 0.25) is 0 Å². The van der Waals surface area contributed by atoms with E-state index in [1.807, 2.05) is 34.9 Å². The summed E-state index contributed by atoms with van der Waals surface area (Å²) in [5, 5.41) is 0. The molecule has 0 N–H and O–H groups in total. The fourth-order valence-electron chi connectivity index (χ4n) is 2.30. The third-order valence-corrected chi connectivity index (χ3v) is 3.41. The molecule has 0 atom stereocenters. The van der Waals surface area contributed by atoms with Crippen molar-refractivity contribution in [3.05, 3.63) is 83.4 Å². The Morgan fingerprint density at radius 1 is 1.00 bits per heavy atom. The van der Waals surface area contributed by atoms with Crippen molar-refractivity contribution in [2.45, 2.75) is 6.92 Å². The Balaban J connectivity index is 2.04. The minimum Gasteiger partial charge on any atom is -0.290 e. The molecule has 1 aliphatic heterocycles. The van der Waals surface area contributed by atoms with E-state index in [0.717, 1.165) is 17.3 Å². The average molecular weight is 260 g/mol. The van der Waals surface area contributed by atoms with Gasteiger partial charge in [-0.25, -0.2) is 0 Å². The predicted octanol–water partition coefficient (Wildman–Crippen LogP) is 3.67. The van der Waals surface area contributed by atoms with E-state index in [4.69, 9.17) is 0 Å². The second-order valence-corrected chi connectivity index (χ2v) is 4.81. The van der Waals surface area contributed by atoms with Crippen molar-refractivity contribution in [1.82, 2.24) is 0 Å². The molecule has 0 radical (unpaired) electrons. The molecule has 0 fully saturated rings. The van der Waals surface area contributed by atoms with Crippen LogP contribution < -0.4 is 0 Å². The van der Waals surface area contributed by atoms with E-state index < -0.39 is 0 Å². The molecule has 20 heavy (non-hydrogen) atoms. The van der Waals surface area contributed by atoms with E-state index in [2.05, 4.69) is 49.0 Å². The summed E-state index contributed by atoms with van der Waals surface area (Å²) < 4.78 is 1.81. The molecule has 0 bridgehead atoms. The van der Waals surface area contributed by atoms with Crippen LogP contribution in [0.3, 0.4) is 0 Å². The Bertz CT molecular complexity index is 696. The first-order valence-corrected chi connectivity index (χ1v) is 6.60. The highest BCUT2D eigenvalue weighted by Gasteiger charge is 2.18. The van der Waals surface area contributed by atoms with Gasteiger partial charge in [-0.2, -0.15) is 0 Å². The topological polar surface area (TPSA) is 15.4 Å². The predicted molar refractivity (Wildman–Crippen MR) is 83.8 cm³/mol. The zero-order chi connectivity index (χ0) is 13.9. The molecule has 2 nitrogen and oxygen atoms in total. The molecule has 0 spiro atoms. The molecule has 0 unspecified atom stereocenters. The molecule has 1 aliphatic rings. The van der Waals surface area contributed by atoms with Crippen LogP contribution in [0, 0.1) is 13.0 Å². The summed E-state index contributed by atoms with van der Waals surface area (Å²) in [6.45, 7) is 6.14. The van der Waals surface area contributed by atoms with Gasteiger partial charge in [-0.05, 0) is 11.6 Å². The quantitative estimate of drug-likeness (QED) is 0.578. The Kier molecular flexibility index (Phi) is 3.21. The molecule has 98 valence electrons. The standard InChI is InChI=1S/C18H16N2/c1-14-8-6-7-11-16(14)18-12-17(19-13-20(18)2)15-9-4-3-5-10-15/h3-13H,2H2,1H3. The number of hydrogen-bond donors (Lipinski definition) is 0. The van der Waals surface area contributed by atoms with Crippen molar-refractivity contribution >= 4 is 18.8 Å². The lowest BCUT2D eigenvalue weighted by Crippen LogP contribution is -2.19. The summed E-state index contributed by atoms with van der Waals surface area (Å²) in [5.41, 5.74) is 4.49. The van der Waals surface area contributed by atoms with Crippen LogP contribution >= 0.6 is 0 Å². The van der Waals surface area contributed by atoms with Crippen LogP contribution in [0.25, 0.3) is 5.70 Å². The average Bonchev–Trinajstić information content (AvgIpc) is 2.49. The van der Waals surface area contributed by atoms with E-state index in [0.29, 0.717) is 0 Å². The van der Waals surface area contributed by atoms with E-state index in [1.54, 1.807) is 6.34 Å². The van der Waals surface area contributed by atoms with Crippen LogP contribution in [0.4, 0.5) is 0 Å². The molecule has 0 saturated carbocycles. The van der Waals surface area contributed by atoms with Gasteiger partial charge in [0.05, 0.1) is 6.04 Å². The van der Waals surface area contributed by atoms with Crippen molar-refractivity contribution in [3.63, 3.8) is 0 Å². The highest BCUT2D eigenvalue weighted by atomic mass is 15.1. The second kappa shape index (κ2) is 5.17. The van der Waals surface area contributed by atoms with Gasteiger partial charge in [0.2, 0.25) is 6.34 Å². The zero-order valence-electron chi connectivity index (χ0n) is 11.5. The lowest BCUT2D eigenvalue weighted by Gasteiger charge is -2.22. The maximum atomic E-state index is 4.46. The van der Waals surface area contributed by atoms with E-state index in [1.165, 1.54) is 11.1 Å². The zero-order valence-corrected chi connectivity index (χ0v) is 11.5. The first-order chi connectivity index (χ1) is 9.75. The molecule has 0 saturated heterocycles. The first-order valence-electron chi connectivity index (χ1n) is 6.60. The van der Waals surface area contributed by atoms with Crippen LogP contribution in [-0.4, -0.2) is 17.6 Å². The molecule has 3 rings (SSSR count). The van der Waals surface area contributed by atoms with Crippen LogP contribution in [0.1, 0.15) is 16.7 Å². The second-order valence-electron chi connectivity index (χ2n) is 4.81. The number of aryl methyl sites for hydroxylation is 1. The largest absolute Gasteiger partial charge is 0.290 e. The van der Waals surface area contributed by atoms with Crippen LogP contribution in [0.15, 0.2) is 65.7 Å². The maximum Gasteiger partial charge on any atom is 0.232 e. The van der Waals surface area contributed by atoms with Crippen molar-refractivity contribution in [2.75, 3.05) is 0 Å². The first kappa shape index (κ1) is 12.4. The lowest BCUT2D eigenvalue weighted by atomic mass is 9.98. The Labute approximate surface area is 119 Å². The Hall–Kier alpha value is -2.61. The highest BCUT2D eigenvalue weighted by molar-refractivity contribution is 5.76. The third kappa shape index (κ3) is 2.28. The number of aliphatic imine (C=N–C) groups is 1. The van der Waals surface area contributed by atoms with E-state index >= 15 is 0 Å². The smallest absolute Gasteiger partial charge is 0.232 e. The summed E-state index contributed by atoms with van der Waals surface area (Å²) in [6, 6.07) is 19.6. The summed E-state index contributed by atoms with van der Waals surface area (Å²) in [4.78, 5) is 4.46. The summed E-state index contributed by atoms with van der Waals surface area (Å²) >= 11 is 0. The number of benzene rings is 2. The third-order valence-electron chi connectivity index (χ3n) is 3.41. The molecule has 1 heterocycles. The molecule has 0 aromatic heterocycles. The minimum atomic E-state index is 0.962. The molecular weight excluding hydrogens is 244 g/mol. The summed E-state index contributed by atoms with van der Waals surface area (Å²) in [7, 11) is 0. The van der Waals surface area contributed by atoms with Gasteiger partial charge in [-0.15, -0.1) is 11.1 Å². The molecular formula is C18H16N2. The Morgan fingerprint density at radius 3 is 2.45 bits per heavy atom. The van der Waals surface area contributed by atoms with Crippen LogP contribution in [0.5, 0.6) is 0 Å². The summed E-state index contributed by atoms with van der Waals surface area (Å²) in [5.74, 6) is 0. The van der Waals surface area contributed by atoms with Gasteiger partial charge in [0.25, 0.3) is 0 Å². The van der Waals surface area contributed by atoms with Gasteiger partial charge in [0.15, 0.2) is 0 Å². The van der Waals surface area contributed by atoms with Crippen molar-refractivity contribution in [2.24, 2.45) is 4.99 Å². The number of nitrogens with zero attached hydrogens (tertiary/aromatic N) is 2. The SMILES string of the molecule is C=[N+]1C=NC(c2ccccc2)=C[C-]1c1ccccc1C. The monoisotopic (exact) mass is 260 g/mol. The molecule has 2 aromatic rings. The molecule has 0 aliphatic carbocycles.